The van der Waals surface area contributed by atoms with Gasteiger partial charge in [-0.15, -0.1) is 0 Å². The highest BCUT2D eigenvalue weighted by atomic mass is 32.1. The van der Waals surface area contributed by atoms with Gasteiger partial charge in [0.2, 0.25) is 5.95 Å². The quantitative estimate of drug-likeness (QED) is 0.414. The van der Waals surface area contributed by atoms with Crippen molar-refractivity contribution in [1.29, 1.82) is 0 Å². The normalized spacial score (nSPS) is 8.73. The lowest BCUT2D eigenvalue weighted by molar-refractivity contribution is 1.03. The van der Waals surface area contributed by atoms with E-state index in [0.717, 1.165) is 0 Å². The van der Waals surface area contributed by atoms with Gasteiger partial charge in [-0.05, 0) is 18.3 Å². The Kier molecular flexibility index (Phi) is 2.56. The summed E-state index contributed by atoms with van der Waals surface area (Å²) in [6, 6.07) is 1.71. The second-order valence-electron chi connectivity index (χ2n) is 1.69. The fourth-order valence-electron chi connectivity index (χ4n) is 0.481. The van der Waals surface area contributed by atoms with Gasteiger partial charge in [0.15, 0.2) is 5.11 Å². The molecule has 5 nitrogen and oxygen atoms in total. The van der Waals surface area contributed by atoms with Crippen LogP contribution in [0.5, 0.6) is 0 Å². The Balaban J connectivity index is 2.45. The third kappa shape index (κ3) is 2.76. The van der Waals surface area contributed by atoms with Crippen molar-refractivity contribution in [2.24, 2.45) is 5.73 Å². The highest BCUT2D eigenvalue weighted by molar-refractivity contribution is 7.80. The van der Waals surface area contributed by atoms with E-state index >= 15 is 0 Å². The van der Waals surface area contributed by atoms with Crippen LogP contribution >= 0.6 is 12.2 Å². The fraction of sp³-hybridized carbons (Fsp3) is 0. The van der Waals surface area contributed by atoms with Crippen LogP contribution < -0.4 is 16.6 Å². The second kappa shape index (κ2) is 3.67. The first-order valence-corrected chi connectivity index (χ1v) is 3.28. The van der Waals surface area contributed by atoms with Crippen molar-refractivity contribution in [3.05, 3.63) is 18.5 Å². The molecule has 6 heteroatoms. The Morgan fingerprint density at radius 2 is 2.09 bits per heavy atom. The number of thiocarbonyl (C=S) groups is 1. The van der Waals surface area contributed by atoms with Crippen LogP contribution in [-0.2, 0) is 0 Å². The van der Waals surface area contributed by atoms with Gasteiger partial charge in [0, 0.05) is 12.4 Å². The Morgan fingerprint density at radius 3 is 2.64 bits per heavy atom. The summed E-state index contributed by atoms with van der Waals surface area (Å²) in [6.45, 7) is 0. The number of aromatic nitrogens is 2. The van der Waals surface area contributed by atoms with Gasteiger partial charge in [-0.2, -0.15) is 0 Å². The summed E-state index contributed by atoms with van der Waals surface area (Å²) in [5.41, 5.74) is 10.2. The van der Waals surface area contributed by atoms with E-state index in [9.17, 15) is 0 Å². The van der Waals surface area contributed by atoms with Crippen molar-refractivity contribution in [2.45, 2.75) is 0 Å². The lowest BCUT2D eigenvalue weighted by atomic mass is 10.7. The highest BCUT2D eigenvalue weighted by Crippen LogP contribution is 1.89. The molecule has 1 aromatic rings. The van der Waals surface area contributed by atoms with Crippen molar-refractivity contribution in [2.75, 3.05) is 5.43 Å². The molecule has 0 spiro atoms. The molecule has 1 rings (SSSR count). The molecule has 0 aliphatic carbocycles. The lowest BCUT2D eigenvalue weighted by Gasteiger charge is -2.03. The van der Waals surface area contributed by atoms with Gasteiger partial charge < -0.3 is 5.73 Å². The molecule has 0 radical (unpaired) electrons. The van der Waals surface area contributed by atoms with E-state index in [1.165, 1.54) is 0 Å². The molecule has 0 amide bonds. The highest BCUT2D eigenvalue weighted by Gasteiger charge is 1.89. The summed E-state index contributed by atoms with van der Waals surface area (Å²) in [7, 11) is 0. The summed E-state index contributed by atoms with van der Waals surface area (Å²) in [5.74, 6) is 0.431. The van der Waals surface area contributed by atoms with Crippen LogP contribution in [0.25, 0.3) is 0 Å². The van der Waals surface area contributed by atoms with Gasteiger partial charge in [-0.1, -0.05) is 0 Å². The van der Waals surface area contributed by atoms with E-state index in [-0.39, 0.29) is 5.11 Å². The first-order chi connectivity index (χ1) is 5.29. The van der Waals surface area contributed by atoms with Crippen molar-refractivity contribution < 1.29 is 0 Å². The molecule has 0 fully saturated rings. The van der Waals surface area contributed by atoms with Crippen LogP contribution in [0.3, 0.4) is 0 Å². The summed E-state index contributed by atoms with van der Waals surface area (Å²) in [4.78, 5) is 7.70. The van der Waals surface area contributed by atoms with Gasteiger partial charge in [-0.3, -0.25) is 10.9 Å². The molecule has 0 saturated carbocycles. The average Bonchev–Trinajstić information content (AvgIpc) is 2.03. The maximum atomic E-state index is 5.14. The molecule has 0 aliphatic heterocycles. The zero-order valence-electron chi connectivity index (χ0n) is 5.61. The van der Waals surface area contributed by atoms with Gasteiger partial charge in [0.25, 0.3) is 0 Å². The summed E-state index contributed by atoms with van der Waals surface area (Å²) in [5, 5.41) is 0.150. The fourth-order valence-corrected chi connectivity index (χ4v) is 0.532. The topological polar surface area (TPSA) is 75.9 Å². The van der Waals surface area contributed by atoms with E-state index in [1.807, 2.05) is 0 Å². The predicted molar refractivity (Wildman–Crippen MR) is 45.6 cm³/mol. The van der Waals surface area contributed by atoms with Crippen LogP contribution in [0.1, 0.15) is 0 Å². The summed E-state index contributed by atoms with van der Waals surface area (Å²) in [6.07, 6.45) is 3.22. The average molecular weight is 169 g/mol. The van der Waals surface area contributed by atoms with Gasteiger partial charge in [0.1, 0.15) is 0 Å². The third-order valence-corrected chi connectivity index (χ3v) is 0.965. The summed E-state index contributed by atoms with van der Waals surface area (Å²) >= 11 is 4.54. The monoisotopic (exact) mass is 169 g/mol. The first kappa shape index (κ1) is 7.67. The molecule has 11 heavy (non-hydrogen) atoms. The minimum atomic E-state index is 0.150. The number of hydrazine groups is 1. The summed E-state index contributed by atoms with van der Waals surface area (Å²) < 4.78 is 0. The van der Waals surface area contributed by atoms with Crippen molar-refractivity contribution in [3.63, 3.8) is 0 Å². The maximum absolute atomic E-state index is 5.14. The molecule has 0 bridgehead atoms. The zero-order valence-corrected chi connectivity index (χ0v) is 6.43. The van der Waals surface area contributed by atoms with Crippen LogP contribution in [0.15, 0.2) is 18.5 Å². The number of hydrogen-bond donors (Lipinski definition) is 3. The Morgan fingerprint density at radius 1 is 1.45 bits per heavy atom. The van der Waals surface area contributed by atoms with Gasteiger partial charge in [0.05, 0.1) is 0 Å². The molecular formula is C5H7N5S. The molecule has 0 saturated heterocycles. The molecule has 0 aliphatic rings. The first-order valence-electron chi connectivity index (χ1n) is 2.87. The van der Waals surface area contributed by atoms with Crippen molar-refractivity contribution >= 4 is 23.3 Å². The van der Waals surface area contributed by atoms with Gasteiger partial charge >= 0.3 is 0 Å². The second-order valence-corrected chi connectivity index (χ2v) is 2.13. The third-order valence-electron chi connectivity index (χ3n) is 0.863. The molecule has 0 aromatic carbocycles. The van der Waals surface area contributed by atoms with Crippen molar-refractivity contribution in [3.8, 4) is 0 Å². The molecule has 1 heterocycles. The molecule has 0 unspecified atom stereocenters. The number of anilines is 1. The van der Waals surface area contributed by atoms with E-state index in [0.29, 0.717) is 5.95 Å². The van der Waals surface area contributed by atoms with E-state index < -0.39 is 0 Å². The van der Waals surface area contributed by atoms with Crippen LogP contribution in [0.4, 0.5) is 5.95 Å². The Labute approximate surface area is 69.0 Å². The predicted octanol–water partition coefficient (Wildman–Crippen LogP) is -0.363. The van der Waals surface area contributed by atoms with Gasteiger partial charge in [-0.25, -0.2) is 9.97 Å². The minimum absolute atomic E-state index is 0.150. The van der Waals surface area contributed by atoms with Crippen LogP contribution in [0.2, 0.25) is 0 Å². The number of nitrogens with two attached hydrogens (primary N) is 1. The Hall–Kier alpha value is -1.43. The smallest absolute Gasteiger partial charge is 0.241 e. The molecule has 1 aromatic heterocycles. The van der Waals surface area contributed by atoms with E-state index in [1.54, 1.807) is 18.5 Å². The molecule has 0 atom stereocenters. The van der Waals surface area contributed by atoms with Crippen molar-refractivity contribution in [1.82, 2.24) is 15.4 Å². The maximum Gasteiger partial charge on any atom is 0.241 e. The van der Waals surface area contributed by atoms with E-state index in [4.69, 9.17) is 5.73 Å². The standard InChI is InChI=1S/C5H7N5S/c6-4(11)9-10-5-7-2-1-3-8-5/h1-3H,(H3,6,9,11)(H,7,8,10). The largest absolute Gasteiger partial charge is 0.375 e. The minimum Gasteiger partial charge on any atom is -0.375 e. The van der Waals surface area contributed by atoms with E-state index in [2.05, 4.69) is 33.0 Å². The van der Waals surface area contributed by atoms with Crippen LogP contribution in [-0.4, -0.2) is 15.1 Å². The molecule has 58 valence electrons. The number of rotatable bonds is 2. The Bertz CT molecular complexity index is 236. The zero-order chi connectivity index (χ0) is 8.10. The number of hydrogen-bond acceptors (Lipinski definition) is 4. The molecule has 4 N–H and O–H groups in total. The van der Waals surface area contributed by atoms with Crippen LogP contribution in [0, 0.1) is 0 Å². The number of nitrogens with zero attached hydrogens (tertiary/aromatic N) is 2. The molecular weight excluding hydrogens is 162 g/mol. The lowest BCUT2D eigenvalue weighted by Crippen LogP contribution is -2.34. The number of nitrogens with one attached hydrogen (secondary N) is 2. The SMILES string of the molecule is NC(=S)NNc1ncccn1.